The quantitative estimate of drug-likeness (QED) is 0.829. The number of anilines is 2. The van der Waals surface area contributed by atoms with Crippen LogP contribution in [0.15, 0.2) is 42.5 Å². The fourth-order valence-corrected chi connectivity index (χ4v) is 1.94. The van der Waals surface area contributed by atoms with Crippen molar-refractivity contribution in [3.05, 3.63) is 48.0 Å². The van der Waals surface area contributed by atoms with Gasteiger partial charge in [-0.05, 0) is 31.2 Å². The van der Waals surface area contributed by atoms with E-state index in [1.165, 1.54) is 0 Å². The second-order valence-corrected chi connectivity index (χ2v) is 4.34. The molecule has 0 unspecified atom stereocenters. The highest BCUT2D eigenvalue weighted by atomic mass is 16.5. The van der Waals surface area contributed by atoms with Crippen LogP contribution < -0.4 is 20.5 Å². The Hall–Kier alpha value is -2.69. The van der Waals surface area contributed by atoms with E-state index in [1.54, 1.807) is 43.5 Å². The Labute approximate surface area is 123 Å². The van der Waals surface area contributed by atoms with E-state index in [0.717, 1.165) is 0 Å². The van der Waals surface area contributed by atoms with Crippen molar-refractivity contribution in [3.8, 4) is 11.5 Å². The molecule has 2 aromatic carbocycles. The summed E-state index contributed by atoms with van der Waals surface area (Å²) in [6.07, 6.45) is 0. The minimum atomic E-state index is -0.279. The first-order valence-electron chi connectivity index (χ1n) is 6.62. The summed E-state index contributed by atoms with van der Waals surface area (Å²) in [5, 5.41) is 2.80. The lowest BCUT2D eigenvalue weighted by Crippen LogP contribution is -2.14. The number of hydrogen-bond donors (Lipinski definition) is 2. The number of rotatable bonds is 5. The van der Waals surface area contributed by atoms with Crippen molar-refractivity contribution in [1.82, 2.24) is 0 Å². The Kier molecular flexibility index (Phi) is 4.66. The fraction of sp³-hybridized carbons (Fsp3) is 0.188. The molecular formula is C16H18N2O3. The fourth-order valence-electron chi connectivity index (χ4n) is 1.94. The smallest absolute Gasteiger partial charge is 0.259 e. The van der Waals surface area contributed by atoms with Crippen molar-refractivity contribution in [1.29, 1.82) is 0 Å². The van der Waals surface area contributed by atoms with Gasteiger partial charge in [-0.15, -0.1) is 0 Å². The summed E-state index contributed by atoms with van der Waals surface area (Å²) in [5.41, 5.74) is 7.34. The Morgan fingerprint density at radius 3 is 2.71 bits per heavy atom. The summed E-state index contributed by atoms with van der Waals surface area (Å²) in [5.74, 6) is 0.796. The number of carbonyl (C=O) groups excluding carboxylic acids is 1. The van der Waals surface area contributed by atoms with E-state index in [4.69, 9.17) is 15.2 Å². The maximum absolute atomic E-state index is 12.4. The number of nitrogens with two attached hydrogens (primary N) is 1. The summed E-state index contributed by atoms with van der Waals surface area (Å²) in [6, 6.07) is 12.2. The molecule has 21 heavy (non-hydrogen) atoms. The van der Waals surface area contributed by atoms with Crippen LogP contribution in [0.5, 0.6) is 11.5 Å². The highest BCUT2D eigenvalue weighted by Gasteiger charge is 2.15. The third-order valence-electron chi connectivity index (χ3n) is 2.91. The van der Waals surface area contributed by atoms with E-state index >= 15 is 0 Å². The van der Waals surface area contributed by atoms with Crippen LogP contribution in [0, 0.1) is 0 Å². The summed E-state index contributed by atoms with van der Waals surface area (Å²) in [7, 11) is 1.58. The van der Waals surface area contributed by atoms with Crippen molar-refractivity contribution >= 4 is 17.3 Å². The zero-order chi connectivity index (χ0) is 15.2. The molecular weight excluding hydrogens is 268 g/mol. The standard InChI is InChI=1S/C16H18N2O3/c1-3-21-15-13(8-5-9-14(15)17)16(19)18-11-6-4-7-12(10-11)20-2/h4-10H,3,17H2,1-2H3,(H,18,19). The monoisotopic (exact) mass is 286 g/mol. The summed E-state index contributed by atoms with van der Waals surface area (Å²) in [6.45, 7) is 2.28. The maximum atomic E-state index is 12.4. The van der Waals surface area contributed by atoms with Crippen LogP contribution in [0.2, 0.25) is 0 Å². The number of nitrogens with one attached hydrogen (secondary N) is 1. The van der Waals surface area contributed by atoms with Gasteiger partial charge in [0.25, 0.3) is 5.91 Å². The second kappa shape index (κ2) is 6.65. The molecule has 0 aromatic heterocycles. The van der Waals surface area contributed by atoms with Gasteiger partial charge < -0.3 is 20.5 Å². The summed E-state index contributed by atoms with van der Waals surface area (Å²) < 4.78 is 10.6. The Balaban J connectivity index is 2.26. The number of ether oxygens (including phenoxy) is 2. The van der Waals surface area contributed by atoms with E-state index < -0.39 is 0 Å². The largest absolute Gasteiger partial charge is 0.497 e. The van der Waals surface area contributed by atoms with E-state index in [9.17, 15) is 4.79 Å². The van der Waals surface area contributed by atoms with Crippen molar-refractivity contribution in [3.63, 3.8) is 0 Å². The molecule has 0 aliphatic rings. The molecule has 2 rings (SSSR count). The number of amides is 1. The molecule has 2 aromatic rings. The van der Waals surface area contributed by atoms with E-state index in [0.29, 0.717) is 35.0 Å². The lowest BCUT2D eigenvalue weighted by molar-refractivity contribution is 0.102. The van der Waals surface area contributed by atoms with Gasteiger partial charge in [0.2, 0.25) is 0 Å². The molecule has 0 bridgehead atoms. The third kappa shape index (κ3) is 3.45. The van der Waals surface area contributed by atoms with Gasteiger partial charge in [-0.2, -0.15) is 0 Å². The summed E-state index contributed by atoms with van der Waals surface area (Å²) >= 11 is 0. The average Bonchev–Trinajstić information content (AvgIpc) is 2.49. The van der Waals surface area contributed by atoms with Crippen LogP contribution in [0.1, 0.15) is 17.3 Å². The molecule has 0 saturated carbocycles. The molecule has 3 N–H and O–H groups in total. The molecule has 0 radical (unpaired) electrons. The van der Waals surface area contributed by atoms with Crippen LogP contribution in [-0.2, 0) is 0 Å². The van der Waals surface area contributed by atoms with Crippen LogP contribution in [0.3, 0.4) is 0 Å². The van der Waals surface area contributed by atoms with E-state index in [2.05, 4.69) is 5.32 Å². The Morgan fingerprint density at radius 2 is 2.00 bits per heavy atom. The second-order valence-electron chi connectivity index (χ2n) is 4.34. The lowest BCUT2D eigenvalue weighted by atomic mass is 10.1. The SMILES string of the molecule is CCOc1c(N)cccc1C(=O)Nc1cccc(OC)c1. The maximum Gasteiger partial charge on any atom is 0.259 e. The molecule has 0 aliphatic heterocycles. The van der Waals surface area contributed by atoms with Gasteiger partial charge in [0.15, 0.2) is 5.75 Å². The van der Waals surface area contributed by atoms with Gasteiger partial charge in [-0.25, -0.2) is 0 Å². The molecule has 0 atom stereocenters. The third-order valence-corrected chi connectivity index (χ3v) is 2.91. The van der Waals surface area contributed by atoms with Gasteiger partial charge in [-0.3, -0.25) is 4.79 Å². The number of para-hydroxylation sites is 1. The van der Waals surface area contributed by atoms with Gasteiger partial charge in [0.1, 0.15) is 5.75 Å². The number of nitrogen functional groups attached to an aromatic ring is 1. The van der Waals surface area contributed by atoms with E-state index in [-0.39, 0.29) is 5.91 Å². The molecule has 5 nitrogen and oxygen atoms in total. The minimum absolute atomic E-state index is 0.279. The Bertz CT molecular complexity index is 641. The Morgan fingerprint density at radius 1 is 1.24 bits per heavy atom. The van der Waals surface area contributed by atoms with Gasteiger partial charge in [0, 0.05) is 11.8 Å². The van der Waals surface area contributed by atoms with Crippen LogP contribution in [0.25, 0.3) is 0 Å². The zero-order valence-corrected chi connectivity index (χ0v) is 12.1. The van der Waals surface area contributed by atoms with Crippen molar-refractivity contribution in [2.75, 3.05) is 24.8 Å². The van der Waals surface area contributed by atoms with Crippen LogP contribution in [0.4, 0.5) is 11.4 Å². The van der Waals surface area contributed by atoms with Crippen molar-refractivity contribution in [2.45, 2.75) is 6.92 Å². The number of carbonyl (C=O) groups is 1. The summed E-state index contributed by atoms with van der Waals surface area (Å²) in [4.78, 5) is 12.4. The van der Waals surface area contributed by atoms with Crippen LogP contribution >= 0.6 is 0 Å². The van der Waals surface area contributed by atoms with Crippen molar-refractivity contribution < 1.29 is 14.3 Å². The molecule has 0 heterocycles. The van der Waals surface area contributed by atoms with Gasteiger partial charge >= 0.3 is 0 Å². The number of benzene rings is 2. The zero-order valence-electron chi connectivity index (χ0n) is 12.1. The van der Waals surface area contributed by atoms with Crippen molar-refractivity contribution in [2.24, 2.45) is 0 Å². The first kappa shape index (κ1) is 14.7. The predicted molar refractivity (Wildman–Crippen MR) is 83.0 cm³/mol. The highest BCUT2D eigenvalue weighted by molar-refractivity contribution is 6.07. The predicted octanol–water partition coefficient (Wildman–Crippen LogP) is 2.93. The molecule has 110 valence electrons. The molecule has 0 fully saturated rings. The average molecular weight is 286 g/mol. The molecule has 0 aliphatic carbocycles. The lowest BCUT2D eigenvalue weighted by Gasteiger charge is -2.13. The highest BCUT2D eigenvalue weighted by Crippen LogP contribution is 2.27. The molecule has 5 heteroatoms. The molecule has 0 saturated heterocycles. The number of hydrogen-bond acceptors (Lipinski definition) is 4. The van der Waals surface area contributed by atoms with Gasteiger partial charge in [0.05, 0.1) is 25.0 Å². The first-order valence-corrected chi connectivity index (χ1v) is 6.62. The first-order chi connectivity index (χ1) is 10.2. The number of methoxy groups -OCH3 is 1. The van der Waals surface area contributed by atoms with E-state index in [1.807, 2.05) is 13.0 Å². The molecule has 0 spiro atoms. The van der Waals surface area contributed by atoms with Crippen LogP contribution in [-0.4, -0.2) is 19.6 Å². The topological polar surface area (TPSA) is 73.6 Å². The normalized spacial score (nSPS) is 10.0. The minimum Gasteiger partial charge on any atom is -0.497 e. The molecule has 1 amide bonds. The van der Waals surface area contributed by atoms with Gasteiger partial charge in [-0.1, -0.05) is 12.1 Å².